The van der Waals surface area contributed by atoms with Crippen LogP contribution in [0.5, 0.6) is 5.75 Å². The standard InChI is InChI=1S/C20H30N2OS/c1-9-15-16(22-18(21-15)24-8)12-10-13(19(2,3)4)17(23)14(11-12)20(5,6)7/h10-11,23H,9H2,1-8H3,(H,21,22). The van der Waals surface area contributed by atoms with E-state index in [1.165, 1.54) is 0 Å². The number of hydrogen-bond donors (Lipinski definition) is 2. The number of phenols is 1. The topological polar surface area (TPSA) is 48.9 Å². The van der Waals surface area contributed by atoms with Crippen LogP contribution in [-0.4, -0.2) is 21.3 Å². The van der Waals surface area contributed by atoms with Gasteiger partial charge in [-0.2, -0.15) is 0 Å². The Bertz CT molecular complexity index is 698. The molecule has 0 radical (unpaired) electrons. The lowest BCUT2D eigenvalue weighted by Gasteiger charge is -2.28. The largest absolute Gasteiger partial charge is 0.507 e. The van der Waals surface area contributed by atoms with Gasteiger partial charge in [-0.15, -0.1) is 0 Å². The van der Waals surface area contributed by atoms with E-state index in [1.54, 1.807) is 11.8 Å². The number of aromatic amines is 1. The molecule has 0 spiro atoms. The SMILES string of the molecule is CCc1[nH]c(SC)nc1-c1cc(C(C)(C)C)c(O)c(C(C)(C)C)c1. The van der Waals surface area contributed by atoms with Crippen molar-refractivity contribution in [3.8, 4) is 17.0 Å². The molecule has 1 aromatic heterocycles. The molecule has 2 N–H and O–H groups in total. The highest BCUT2D eigenvalue weighted by Gasteiger charge is 2.27. The van der Waals surface area contributed by atoms with Crippen LogP contribution in [0, 0.1) is 0 Å². The van der Waals surface area contributed by atoms with Gasteiger partial charge in [0, 0.05) is 22.4 Å². The Labute approximate surface area is 150 Å². The van der Waals surface area contributed by atoms with Crippen LogP contribution in [0.25, 0.3) is 11.3 Å². The van der Waals surface area contributed by atoms with Crippen molar-refractivity contribution in [3.63, 3.8) is 0 Å². The molecule has 0 atom stereocenters. The average molecular weight is 347 g/mol. The average Bonchev–Trinajstić information content (AvgIpc) is 2.88. The van der Waals surface area contributed by atoms with Gasteiger partial charge in [0.1, 0.15) is 5.75 Å². The van der Waals surface area contributed by atoms with E-state index in [4.69, 9.17) is 4.98 Å². The first kappa shape index (κ1) is 18.9. The summed E-state index contributed by atoms with van der Waals surface area (Å²) in [4.78, 5) is 8.17. The van der Waals surface area contributed by atoms with Crippen molar-refractivity contribution in [2.75, 3.05) is 6.26 Å². The third kappa shape index (κ3) is 3.64. The summed E-state index contributed by atoms with van der Waals surface area (Å²) >= 11 is 1.62. The Hall–Kier alpha value is -1.42. The number of hydrogen-bond acceptors (Lipinski definition) is 3. The number of H-pyrrole nitrogens is 1. The quantitative estimate of drug-likeness (QED) is 0.705. The molecule has 4 heteroatoms. The molecule has 132 valence electrons. The minimum atomic E-state index is -0.134. The third-order valence-electron chi connectivity index (χ3n) is 4.30. The number of thioether (sulfide) groups is 1. The summed E-state index contributed by atoms with van der Waals surface area (Å²) in [6.45, 7) is 15.0. The van der Waals surface area contributed by atoms with E-state index in [9.17, 15) is 5.11 Å². The highest BCUT2D eigenvalue weighted by Crippen LogP contribution is 2.42. The first-order valence-electron chi connectivity index (χ1n) is 8.50. The van der Waals surface area contributed by atoms with Crippen molar-refractivity contribution < 1.29 is 5.11 Å². The number of aromatic hydroxyl groups is 1. The van der Waals surface area contributed by atoms with Crippen LogP contribution < -0.4 is 0 Å². The second-order valence-corrected chi connectivity index (χ2v) is 9.14. The molecule has 0 aliphatic rings. The van der Waals surface area contributed by atoms with Crippen molar-refractivity contribution in [2.45, 2.75) is 70.9 Å². The van der Waals surface area contributed by atoms with E-state index < -0.39 is 0 Å². The van der Waals surface area contributed by atoms with E-state index in [-0.39, 0.29) is 10.8 Å². The lowest BCUT2D eigenvalue weighted by Crippen LogP contribution is -2.17. The highest BCUT2D eigenvalue weighted by atomic mass is 32.2. The van der Waals surface area contributed by atoms with Gasteiger partial charge in [-0.3, -0.25) is 0 Å². The fraction of sp³-hybridized carbons (Fsp3) is 0.550. The Morgan fingerprint density at radius 2 is 1.54 bits per heavy atom. The molecule has 0 aliphatic carbocycles. The Morgan fingerprint density at radius 3 is 1.92 bits per heavy atom. The highest BCUT2D eigenvalue weighted by molar-refractivity contribution is 7.98. The van der Waals surface area contributed by atoms with E-state index in [1.807, 2.05) is 6.26 Å². The summed E-state index contributed by atoms with van der Waals surface area (Å²) in [5, 5.41) is 11.8. The van der Waals surface area contributed by atoms with Gasteiger partial charge in [0.2, 0.25) is 0 Å². The fourth-order valence-corrected chi connectivity index (χ4v) is 3.30. The van der Waals surface area contributed by atoms with Crippen molar-refractivity contribution in [1.29, 1.82) is 0 Å². The minimum Gasteiger partial charge on any atom is -0.507 e. The van der Waals surface area contributed by atoms with Crippen LogP contribution >= 0.6 is 11.8 Å². The zero-order chi connectivity index (χ0) is 18.3. The van der Waals surface area contributed by atoms with Gasteiger partial charge >= 0.3 is 0 Å². The molecule has 1 aromatic carbocycles. The number of nitrogens with one attached hydrogen (secondary N) is 1. The molecule has 0 saturated heterocycles. The maximum atomic E-state index is 10.9. The molecule has 3 nitrogen and oxygen atoms in total. The van der Waals surface area contributed by atoms with Crippen molar-refractivity contribution >= 4 is 11.8 Å². The van der Waals surface area contributed by atoms with Crippen molar-refractivity contribution in [3.05, 3.63) is 29.0 Å². The van der Waals surface area contributed by atoms with Crippen LogP contribution in [0.3, 0.4) is 0 Å². The predicted molar refractivity (Wildman–Crippen MR) is 104 cm³/mol. The first-order valence-corrected chi connectivity index (χ1v) is 9.72. The summed E-state index contributed by atoms with van der Waals surface area (Å²) in [6.07, 6.45) is 2.93. The van der Waals surface area contributed by atoms with Gasteiger partial charge in [-0.25, -0.2) is 4.98 Å². The molecular weight excluding hydrogens is 316 g/mol. The maximum Gasteiger partial charge on any atom is 0.165 e. The molecule has 1 heterocycles. The van der Waals surface area contributed by atoms with Gasteiger partial charge in [-0.05, 0) is 35.6 Å². The number of rotatable bonds is 3. The fourth-order valence-electron chi connectivity index (χ4n) is 2.89. The van der Waals surface area contributed by atoms with E-state index in [0.717, 1.165) is 39.7 Å². The van der Waals surface area contributed by atoms with Crippen LogP contribution in [0.15, 0.2) is 17.3 Å². The molecule has 0 aliphatic heterocycles. The number of phenolic OH excluding ortho intramolecular Hbond substituents is 1. The van der Waals surface area contributed by atoms with Crippen LogP contribution in [0.1, 0.15) is 65.3 Å². The minimum absolute atomic E-state index is 0.134. The summed E-state index contributed by atoms with van der Waals surface area (Å²) in [7, 11) is 0. The van der Waals surface area contributed by atoms with Gasteiger partial charge in [0.25, 0.3) is 0 Å². The van der Waals surface area contributed by atoms with Crippen LogP contribution in [0.2, 0.25) is 0 Å². The number of imidazole rings is 1. The van der Waals surface area contributed by atoms with E-state index in [2.05, 4.69) is 65.6 Å². The summed E-state index contributed by atoms with van der Waals surface area (Å²) in [5.74, 6) is 0.414. The second kappa shape index (κ2) is 6.47. The normalized spacial score (nSPS) is 12.7. The zero-order valence-corrected chi connectivity index (χ0v) is 17.0. The second-order valence-electron chi connectivity index (χ2n) is 8.35. The molecule has 24 heavy (non-hydrogen) atoms. The van der Waals surface area contributed by atoms with Crippen molar-refractivity contribution in [2.24, 2.45) is 0 Å². The monoisotopic (exact) mass is 346 g/mol. The molecule has 0 bridgehead atoms. The van der Waals surface area contributed by atoms with Gasteiger partial charge in [0.05, 0.1) is 5.69 Å². The molecule has 0 amide bonds. The Kier molecular flexibility index (Phi) is 5.10. The summed E-state index contributed by atoms with van der Waals surface area (Å²) in [6, 6.07) is 4.20. The molecule has 2 rings (SSSR count). The number of aromatic nitrogens is 2. The van der Waals surface area contributed by atoms with Gasteiger partial charge in [0.15, 0.2) is 5.16 Å². The van der Waals surface area contributed by atoms with Crippen LogP contribution in [-0.2, 0) is 17.3 Å². The van der Waals surface area contributed by atoms with E-state index in [0.29, 0.717) is 5.75 Å². The summed E-state index contributed by atoms with van der Waals surface area (Å²) in [5.41, 5.74) is 4.90. The number of aryl methyl sites for hydroxylation is 1. The molecule has 0 saturated carbocycles. The molecule has 0 unspecified atom stereocenters. The maximum absolute atomic E-state index is 10.9. The number of nitrogens with zero attached hydrogens (tertiary/aromatic N) is 1. The third-order valence-corrected chi connectivity index (χ3v) is 4.88. The smallest absolute Gasteiger partial charge is 0.165 e. The predicted octanol–water partition coefficient (Wildman–Crippen LogP) is 5.66. The van der Waals surface area contributed by atoms with Crippen molar-refractivity contribution in [1.82, 2.24) is 9.97 Å². The van der Waals surface area contributed by atoms with Gasteiger partial charge in [-0.1, -0.05) is 60.2 Å². The Morgan fingerprint density at radius 1 is 1.04 bits per heavy atom. The lowest BCUT2D eigenvalue weighted by molar-refractivity contribution is 0.423. The zero-order valence-electron chi connectivity index (χ0n) is 16.2. The molecule has 0 fully saturated rings. The van der Waals surface area contributed by atoms with Gasteiger partial charge < -0.3 is 10.1 Å². The molecular formula is C20H30N2OS. The summed E-state index contributed by atoms with van der Waals surface area (Å²) < 4.78 is 0. The first-order chi connectivity index (χ1) is 11.0. The lowest BCUT2D eigenvalue weighted by atomic mass is 9.78. The molecule has 2 aromatic rings. The number of benzene rings is 1. The van der Waals surface area contributed by atoms with Crippen LogP contribution in [0.4, 0.5) is 0 Å². The Balaban J connectivity index is 2.78. The van der Waals surface area contributed by atoms with E-state index >= 15 is 0 Å².